The molecular weight excluding hydrogens is 791 g/mol. The molecule has 0 radical (unpaired) electrons. The Morgan fingerprint density at radius 1 is 0.492 bits per heavy atom. The van der Waals surface area contributed by atoms with Gasteiger partial charge in [0.05, 0.1) is 34.4 Å². The Morgan fingerprint density at radius 2 is 0.905 bits per heavy atom. The lowest BCUT2D eigenvalue weighted by Gasteiger charge is -2.25. The first-order chi connectivity index (χ1) is 30.6. The number of hydrogen-bond donors (Lipinski definition) is 1. The maximum atomic E-state index is 12.8. The SMILES string of the molecule is CC/C=C\C/C=C\C/C=C\C/C=C\C/C=C\CCCCCC(=O)OC(COC(=O)CCCCCCCCCCC/C=C\C/C=C\CCCCC)COC(OCC[N+](C)(C)C)C(=O)O. The third-order valence-electron chi connectivity index (χ3n) is 10.1. The smallest absolute Gasteiger partial charge is 0.361 e. The van der Waals surface area contributed by atoms with E-state index in [9.17, 15) is 19.5 Å². The van der Waals surface area contributed by atoms with Gasteiger partial charge in [0.1, 0.15) is 13.2 Å². The summed E-state index contributed by atoms with van der Waals surface area (Å²) in [7, 11) is 5.94. The zero-order valence-corrected chi connectivity index (χ0v) is 40.7. The van der Waals surface area contributed by atoms with Crippen LogP contribution in [0.5, 0.6) is 0 Å². The van der Waals surface area contributed by atoms with Crippen LogP contribution in [0.15, 0.2) is 85.1 Å². The fourth-order valence-electron chi connectivity index (χ4n) is 6.30. The molecular formula is C54H92NO8+. The quantitative estimate of drug-likeness (QED) is 0.0212. The van der Waals surface area contributed by atoms with Crippen molar-refractivity contribution in [2.45, 2.75) is 193 Å². The minimum atomic E-state index is -1.52. The number of esters is 2. The molecule has 0 bridgehead atoms. The number of carbonyl (C=O) groups excluding carboxylic acids is 2. The molecule has 360 valence electrons. The van der Waals surface area contributed by atoms with Gasteiger partial charge in [-0.25, -0.2) is 4.79 Å². The summed E-state index contributed by atoms with van der Waals surface area (Å²) in [6.45, 7) is 4.68. The van der Waals surface area contributed by atoms with Gasteiger partial charge in [0.15, 0.2) is 6.10 Å². The van der Waals surface area contributed by atoms with Crippen LogP contribution in [0.3, 0.4) is 0 Å². The maximum Gasteiger partial charge on any atom is 0.361 e. The summed E-state index contributed by atoms with van der Waals surface area (Å²) in [6.07, 6.45) is 55.0. The number of ether oxygens (including phenoxy) is 4. The van der Waals surface area contributed by atoms with E-state index in [-0.39, 0.29) is 38.6 Å². The van der Waals surface area contributed by atoms with E-state index < -0.39 is 24.3 Å². The highest BCUT2D eigenvalue weighted by Crippen LogP contribution is 2.13. The number of hydrogen-bond acceptors (Lipinski definition) is 7. The van der Waals surface area contributed by atoms with Crippen LogP contribution >= 0.6 is 0 Å². The lowest BCUT2D eigenvalue weighted by molar-refractivity contribution is -0.870. The first-order valence-corrected chi connectivity index (χ1v) is 24.8. The first-order valence-electron chi connectivity index (χ1n) is 24.8. The van der Waals surface area contributed by atoms with E-state index >= 15 is 0 Å². The van der Waals surface area contributed by atoms with Gasteiger partial charge in [-0.3, -0.25) is 9.59 Å². The van der Waals surface area contributed by atoms with E-state index in [1.165, 1.54) is 64.2 Å². The second-order valence-corrected chi connectivity index (χ2v) is 17.4. The summed E-state index contributed by atoms with van der Waals surface area (Å²) in [5.41, 5.74) is 0. The average molecular weight is 883 g/mol. The Bertz CT molecular complexity index is 1300. The highest BCUT2D eigenvalue weighted by Gasteiger charge is 2.25. The number of aliphatic carboxylic acids is 1. The topological polar surface area (TPSA) is 108 Å². The van der Waals surface area contributed by atoms with Crippen molar-refractivity contribution >= 4 is 17.9 Å². The molecule has 0 aromatic heterocycles. The minimum Gasteiger partial charge on any atom is -0.477 e. The molecule has 0 aliphatic rings. The Kier molecular flexibility index (Phi) is 42.5. The van der Waals surface area contributed by atoms with Crippen molar-refractivity contribution in [2.75, 3.05) is 47.5 Å². The Balaban J connectivity index is 4.46. The van der Waals surface area contributed by atoms with E-state index in [4.69, 9.17) is 18.9 Å². The van der Waals surface area contributed by atoms with E-state index in [1.54, 1.807) is 0 Å². The van der Waals surface area contributed by atoms with Gasteiger partial charge in [0, 0.05) is 12.8 Å². The summed E-state index contributed by atoms with van der Waals surface area (Å²) >= 11 is 0. The molecule has 0 aromatic rings. The number of carboxylic acid groups (broad SMARTS) is 1. The van der Waals surface area contributed by atoms with Crippen LogP contribution in [0.1, 0.15) is 181 Å². The molecule has 0 heterocycles. The molecule has 0 aliphatic heterocycles. The summed E-state index contributed by atoms with van der Waals surface area (Å²) in [4.78, 5) is 37.2. The van der Waals surface area contributed by atoms with Crippen LogP contribution in [0.4, 0.5) is 0 Å². The third kappa shape index (κ3) is 46.3. The Labute approximate surface area is 385 Å². The lowest BCUT2D eigenvalue weighted by Crippen LogP contribution is -2.40. The monoisotopic (exact) mass is 883 g/mol. The molecule has 0 saturated carbocycles. The molecule has 0 fully saturated rings. The molecule has 2 atom stereocenters. The van der Waals surface area contributed by atoms with Crippen LogP contribution in [0.25, 0.3) is 0 Å². The number of rotatable bonds is 44. The van der Waals surface area contributed by atoms with Crippen molar-refractivity contribution in [2.24, 2.45) is 0 Å². The van der Waals surface area contributed by atoms with E-state index in [0.29, 0.717) is 17.4 Å². The molecule has 0 aliphatic carbocycles. The predicted molar refractivity (Wildman–Crippen MR) is 262 cm³/mol. The number of unbranched alkanes of at least 4 members (excludes halogenated alkanes) is 15. The number of likely N-dealkylation sites (N-methyl/N-ethyl adjacent to an activating group) is 1. The van der Waals surface area contributed by atoms with E-state index in [1.807, 2.05) is 21.1 Å². The molecule has 0 spiro atoms. The molecule has 9 nitrogen and oxygen atoms in total. The number of carbonyl (C=O) groups is 3. The fourth-order valence-corrected chi connectivity index (χ4v) is 6.30. The van der Waals surface area contributed by atoms with Gasteiger partial charge in [-0.2, -0.15) is 0 Å². The van der Waals surface area contributed by atoms with Crippen LogP contribution in [-0.4, -0.2) is 87.4 Å². The molecule has 0 aromatic carbocycles. The van der Waals surface area contributed by atoms with E-state index in [0.717, 1.165) is 83.5 Å². The van der Waals surface area contributed by atoms with Crippen LogP contribution in [0, 0.1) is 0 Å². The van der Waals surface area contributed by atoms with Gasteiger partial charge in [-0.15, -0.1) is 0 Å². The lowest BCUT2D eigenvalue weighted by atomic mass is 10.1. The van der Waals surface area contributed by atoms with Gasteiger partial charge in [-0.1, -0.05) is 163 Å². The second-order valence-electron chi connectivity index (χ2n) is 17.4. The number of quaternary nitrogens is 1. The number of carboxylic acids is 1. The maximum absolute atomic E-state index is 12.8. The van der Waals surface area contributed by atoms with Crippen molar-refractivity contribution in [3.05, 3.63) is 85.1 Å². The normalized spacial score (nSPS) is 13.6. The highest BCUT2D eigenvalue weighted by molar-refractivity contribution is 5.71. The zero-order chi connectivity index (χ0) is 46.3. The molecule has 9 heteroatoms. The zero-order valence-electron chi connectivity index (χ0n) is 40.7. The van der Waals surface area contributed by atoms with Crippen molar-refractivity contribution in [3.8, 4) is 0 Å². The highest BCUT2D eigenvalue weighted by atomic mass is 16.7. The molecule has 2 unspecified atom stereocenters. The van der Waals surface area contributed by atoms with Crippen LogP contribution in [-0.2, 0) is 33.3 Å². The van der Waals surface area contributed by atoms with Crippen molar-refractivity contribution in [1.29, 1.82) is 0 Å². The summed E-state index contributed by atoms with van der Waals surface area (Å²) in [5, 5.41) is 9.66. The predicted octanol–water partition coefficient (Wildman–Crippen LogP) is 13.7. The van der Waals surface area contributed by atoms with Gasteiger partial charge in [0.25, 0.3) is 6.29 Å². The van der Waals surface area contributed by atoms with Crippen molar-refractivity contribution in [3.63, 3.8) is 0 Å². The number of allylic oxidation sites excluding steroid dienone is 14. The molecule has 63 heavy (non-hydrogen) atoms. The summed E-state index contributed by atoms with van der Waals surface area (Å²) in [6, 6.07) is 0. The van der Waals surface area contributed by atoms with Crippen molar-refractivity contribution < 1.29 is 42.9 Å². The Morgan fingerprint density at radius 3 is 1.37 bits per heavy atom. The van der Waals surface area contributed by atoms with Crippen LogP contribution in [0.2, 0.25) is 0 Å². The van der Waals surface area contributed by atoms with Gasteiger partial charge in [0.2, 0.25) is 0 Å². The fraction of sp³-hybridized carbons (Fsp3) is 0.685. The average Bonchev–Trinajstić information content (AvgIpc) is 3.24. The van der Waals surface area contributed by atoms with Crippen molar-refractivity contribution in [1.82, 2.24) is 0 Å². The largest absolute Gasteiger partial charge is 0.477 e. The second kappa shape index (κ2) is 45.1. The Hall–Kier alpha value is -3.53. The van der Waals surface area contributed by atoms with Gasteiger partial charge < -0.3 is 28.5 Å². The first kappa shape index (κ1) is 59.5. The summed E-state index contributed by atoms with van der Waals surface area (Å²) in [5.74, 6) is -2.07. The minimum absolute atomic E-state index is 0.176. The third-order valence-corrected chi connectivity index (χ3v) is 10.1. The van der Waals surface area contributed by atoms with E-state index in [2.05, 4.69) is 98.9 Å². The summed E-state index contributed by atoms with van der Waals surface area (Å²) < 4.78 is 22.7. The standard InChI is InChI=1S/C54H91NO8/c1-6-8-10-12-14-16-18-20-22-24-26-28-30-32-34-36-38-40-42-44-51(56)61-48-50(49-62-54(53(58)59)60-47-46-55(3,4)5)63-52(57)45-43-41-39-37-35-33-31-29-27-25-23-21-19-17-15-13-11-9-7-2/h9,11,14-17,20-23,27,29,33,35,50,54H,6-8,10,12-13,18-19,24-26,28,30-32,34,36-49H2,1-5H3/p+1/b11-9-,16-14-,17-15-,22-20-,23-21-,29-27-,35-33-. The van der Waals surface area contributed by atoms with Crippen LogP contribution < -0.4 is 0 Å². The molecule has 0 amide bonds. The van der Waals surface area contributed by atoms with Gasteiger partial charge in [-0.05, 0) is 89.9 Å². The molecule has 0 rings (SSSR count). The number of nitrogens with zero attached hydrogens (tertiary/aromatic N) is 1. The molecule has 1 N–H and O–H groups in total. The molecule has 0 saturated heterocycles. The van der Waals surface area contributed by atoms with Gasteiger partial charge >= 0.3 is 17.9 Å².